The smallest absolute Gasteiger partial charge is 0.175 e. The maximum atomic E-state index is 5.70. The highest BCUT2D eigenvalue weighted by Crippen LogP contribution is 2.36. The van der Waals surface area contributed by atoms with Crippen molar-refractivity contribution in [2.24, 2.45) is 0 Å². The van der Waals surface area contributed by atoms with Crippen LogP contribution in [0.1, 0.15) is 24.3 Å². The van der Waals surface area contributed by atoms with Gasteiger partial charge in [-0.2, -0.15) is 0 Å². The van der Waals surface area contributed by atoms with Gasteiger partial charge in [0.15, 0.2) is 11.5 Å². The van der Waals surface area contributed by atoms with Crippen LogP contribution in [0.25, 0.3) is 0 Å². The molecule has 2 rings (SSSR count). The number of halogens is 1. The number of quaternary nitrogens is 1. The minimum atomic E-state index is 0.628. The van der Waals surface area contributed by atoms with E-state index >= 15 is 0 Å². The van der Waals surface area contributed by atoms with E-state index in [0.717, 1.165) is 29.1 Å². The Morgan fingerprint density at radius 3 is 2.62 bits per heavy atom. The number of thiophene rings is 1. The van der Waals surface area contributed by atoms with Gasteiger partial charge in [-0.1, -0.05) is 6.07 Å². The quantitative estimate of drug-likeness (QED) is 0.770. The molecule has 0 amide bonds. The number of benzene rings is 1. The van der Waals surface area contributed by atoms with E-state index in [-0.39, 0.29) is 0 Å². The second-order valence-electron chi connectivity index (χ2n) is 4.55. The average molecular weight is 371 g/mol. The molecule has 0 spiro atoms. The summed E-state index contributed by atoms with van der Waals surface area (Å²) in [5.74, 6) is 1.61. The van der Waals surface area contributed by atoms with Crippen molar-refractivity contribution in [1.29, 1.82) is 0 Å². The fourth-order valence-electron chi connectivity index (χ4n) is 2.10. The molecule has 0 atom stereocenters. The van der Waals surface area contributed by atoms with Gasteiger partial charge >= 0.3 is 0 Å². The van der Waals surface area contributed by atoms with Gasteiger partial charge in [0.1, 0.15) is 13.1 Å². The van der Waals surface area contributed by atoms with Crippen LogP contribution in [0.3, 0.4) is 0 Å². The lowest BCUT2D eigenvalue weighted by molar-refractivity contribution is -0.685. The highest BCUT2D eigenvalue weighted by molar-refractivity contribution is 9.10. The van der Waals surface area contributed by atoms with E-state index in [1.54, 1.807) is 11.3 Å². The summed E-state index contributed by atoms with van der Waals surface area (Å²) in [6.07, 6.45) is 0. The van der Waals surface area contributed by atoms with Crippen molar-refractivity contribution in [2.45, 2.75) is 26.9 Å². The summed E-state index contributed by atoms with van der Waals surface area (Å²) in [6.45, 7) is 7.15. The van der Waals surface area contributed by atoms with Gasteiger partial charge in [-0.05, 0) is 53.4 Å². The SMILES string of the molecule is CCOc1cc(C[NH2+]Cc2cccs2)cc(Br)c1OCC. The predicted octanol–water partition coefficient (Wildman–Crippen LogP) is 3.57. The van der Waals surface area contributed by atoms with Crippen LogP contribution < -0.4 is 14.8 Å². The van der Waals surface area contributed by atoms with Gasteiger partial charge < -0.3 is 14.8 Å². The Hall–Kier alpha value is -1.04. The average Bonchev–Trinajstić information content (AvgIpc) is 2.96. The highest BCUT2D eigenvalue weighted by atomic mass is 79.9. The first kappa shape index (κ1) is 16.3. The van der Waals surface area contributed by atoms with Gasteiger partial charge in [0.25, 0.3) is 0 Å². The molecule has 21 heavy (non-hydrogen) atoms. The molecule has 0 saturated carbocycles. The molecule has 2 aromatic rings. The molecule has 114 valence electrons. The first-order valence-electron chi connectivity index (χ1n) is 7.16. The molecule has 0 aliphatic heterocycles. The Morgan fingerprint density at radius 1 is 1.14 bits per heavy atom. The van der Waals surface area contributed by atoms with Gasteiger partial charge in [0.2, 0.25) is 0 Å². The maximum Gasteiger partial charge on any atom is 0.175 e. The Kier molecular flexibility index (Phi) is 6.54. The minimum Gasteiger partial charge on any atom is -0.490 e. The monoisotopic (exact) mass is 370 g/mol. The molecule has 5 heteroatoms. The molecule has 0 aliphatic rings. The second-order valence-corrected chi connectivity index (χ2v) is 6.43. The normalized spacial score (nSPS) is 10.6. The summed E-state index contributed by atoms with van der Waals surface area (Å²) in [6, 6.07) is 8.44. The second kappa shape index (κ2) is 8.41. The third kappa shape index (κ3) is 4.73. The predicted molar refractivity (Wildman–Crippen MR) is 90.1 cm³/mol. The van der Waals surface area contributed by atoms with Crippen molar-refractivity contribution in [3.63, 3.8) is 0 Å². The standard InChI is InChI=1S/C16H20BrNO2S/c1-3-19-15-9-12(8-14(17)16(15)20-4-2)10-18-11-13-6-5-7-21-13/h5-9,18H,3-4,10-11H2,1-2H3/p+1. The maximum absolute atomic E-state index is 5.70. The molecule has 0 unspecified atom stereocenters. The first-order valence-corrected chi connectivity index (χ1v) is 8.83. The van der Waals surface area contributed by atoms with E-state index in [9.17, 15) is 0 Å². The molecular weight excluding hydrogens is 350 g/mol. The van der Waals surface area contributed by atoms with Crippen LogP contribution in [0.2, 0.25) is 0 Å². The summed E-state index contributed by atoms with van der Waals surface area (Å²) < 4.78 is 12.3. The van der Waals surface area contributed by atoms with E-state index in [1.165, 1.54) is 10.4 Å². The molecule has 0 radical (unpaired) electrons. The molecule has 0 fully saturated rings. The number of hydrogen-bond donors (Lipinski definition) is 1. The van der Waals surface area contributed by atoms with Crippen molar-refractivity contribution >= 4 is 27.3 Å². The van der Waals surface area contributed by atoms with Crippen LogP contribution in [-0.2, 0) is 13.1 Å². The zero-order chi connectivity index (χ0) is 15.1. The Labute approximate surface area is 138 Å². The third-order valence-corrected chi connectivity index (χ3v) is 4.45. The Bertz CT molecular complexity index is 558. The number of nitrogens with two attached hydrogens (primary N) is 1. The lowest BCUT2D eigenvalue weighted by atomic mass is 10.2. The van der Waals surface area contributed by atoms with Crippen LogP contribution >= 0.6 is 27.3 Å². The summed E-state index contributed by atoms with van der Waals surface area (Å²) >= 11 is 5.38. The molecule has 0 aliphatic carbocycles. The molecule has 1 aromatic carbocycles. The van der Waals surface area contributed by atoms with Crippen LogP contribution in [0, 0.1) is 0 Å². The van der Waals surface area contributed by atoms with E-state index in [2.05, 4.69) is 50.9 Å². The van der Waals surface area contributed by atoms with Crippen LogP contribution in [0.4, 0.5) is 0 Å². The zero-order valence-electron chi connectivity index (χ0n) is 12.4. The van der Waals surface area contributed by atoms with E-state index in [0.29, 0.717) is 13.2 Å². The van der Waals surface area contributed by atoms with Crippen molar-refractivity contribution in [1.82, 2.24) is 0 Å². The van der Waals surface area contributed by atoms with Gasteiger partial charge in [-0.25, -0.2) is 0 Å². The lowest BCUT2D eigenvalue weighted by Gasteiger charge is -2.14. The van der Waals surface area contributed by atoms with E-state index in [1.807, 2.05) is 13.8 Å². The van der Waals surface area contributed by atoms with Crippen molar-refractivity contribution in [3.8, 4) is 11.5 Å². The minimum absolute atomic E-state index is 0.628. The Balaban J connectivity index is 2.05. The highest BCUT2D eigenvalue weighted by Gasteiger charge is 2.12. The molecule has 1 heterocycles. The summed E-state index contributed by atoms with van der Waals surface area (Å²) in [5.41, 5.74) is 1.23. The van der Waals surface area contributed by atoms with Gasteiger partial charge in [-0.3, -0.25) is 0 Å². The van der Waals surface area contributed by atoms with Crippen LogP contribution in [0.5, 0.6) is 11.5 Å². The molecular formula is C16H21BrNO2S+. The van der Waals surface area contributed by atoms with E-state index < -0.39 is 0 Å². The number of rotatable bonds is 8. The number of ether oxygens (including phenoxy) is 2. The van der Waals surface area contributed by atoms with Crippen molar-refractivity contribution in [3.05, 3.63) is 44.6 Å². The van der Waals surface area contributed by atoms with E-state index in [4.69, 9.17) is 9.47 Å². The van der Waals surface area contributed by atoms with Crippen molar-refractivity contribution in [2.75, 3.05) is 13.2 Å². The molecule has 0 bridgehead atoms. The third-order valence-electron chi connectivity index (χ3n) is 2.96. The number of hydrogen-bond acceptors (Lipinski definition) is 3. The van der Waals surface area contributed by atoms with Gasteiger partial charge in [0.05, 0.1) is 22.6 Å². The Morgan fingerprint density at radius 2 is 1.95 bits per heavy atom. The van der Waals surface area contributed by atoms with Crippen LogP contribution in [-0.4, -0.2) is 13.2 Å². The summed E-state index contributed by atoms with van der Waals surface area (Å²) in [4.78, 5) is 1.39. The lowest BCUT2D eigenvalue weighted by Crippen LogP contribution is -2.80. The fourth-order valence-corrected chi connectivity index (χ4v) is 3.40. The topological polar surface area (TPSA) is 35.1 Å². The van der Waals surface area contributed by atoms with Crippen LogP contribution in [0.15, 0.2) is 34.1 Å². The van der Waals surface area contributed by atoms with Gasteiger partial charge in [-0.15, -0.1) is 11.3 Å². The summed E-state index contributed by atoms with van der Waals surface area (Å²) in [5, 5.41) is 4.41. The summed E-state index contributed by atoms with van der Waals surface area (Å²) in [7, 11) is 0. The fraction of sp³-hybridized carbons (Fsp3) is 0.375. The molecule has 3 nitrogen and oxygen atoms in total. The van der Waals surface area contributed by atoms with Crippen molar-refractivity contribution < 1.29 is 14.8 Å². The first-order chi connectivity index (χ1) is 10.2. The van der Waals surface area contributed by atoms with Gasteiger partial charge in [0, 0.05) is 5.56 Å². The largest absolute Gasteiger partial charge is 0.490 e. The zero-order valence-corrected chi connectivity index (χ0v) is 14.8. The molecule has 0 saturated heterocycles. The molecule has 1 aromatic heterocycles. The molecule has 2 N–H and O–H groups in total.